The van der Waals surface area contributed by atoms with Crippen LogP contribution in [0.15, 0.2) is 24.3 Å². The van der Waals surface area contributed by atoms with Gasteiger partial charge in [0, 0.05) is 17.7 Å². The van der Waals surface area contributed by atoms with Crippen LogP contribution in [-0.4, -0.2) is 5.78 Å². The fraction of sp³-hybridized carbons (Fsp3) is 0.188. The van der Waals surface area contributed by atoms with Gasteiger partial charge < -0.3 is 0 Å². The molecular weight excluding hydrogens is 265 g/mol. The summed E-state index contributed by atoms with van der Waals surface area (Å²) in [6.45, 7) is 5.27. The highest BCUT2D eigenvalue weighted by Gasteiger charge is 2.23. The first kappa shape index (κ1) is 14.3. The summed E-state index contributed by atoms with van der Waals surface area (Å²) >= 11 is 0. The molecule has 0 radical (unpaired) electrons. The van der Waals surface area contributed by atoms with Crippen LogP contribution in [0.5, 0.6) is 0 Å². The molecule has 0 fully saturated rings. The average molecular weight is 278 g/mol. The Balaban J connectivity index is 2.64. The first-order valence-electron chi connectivity index (χ1n) is 6.08. The molecule has 104 valence electrons. The summed E-state index contributed by atoms with van der Waals surface area (Å²) in [6.07, 6.45) is 0. The fourth-order valence-corrected chi connectivity index (χ4v) is 2.42. The second-order valence-corrected chi connectivity index (χ2v) is 4.85. The van der Waals surface area contributed by atoms with E-state index in [1.807, 2.05) is 6.92 Å². The minimum atomic E-state index is -1.19. The van der Waals surface area contributed by atoms with Gasteiger partial charge in [-0.1, -0.05) is 17.7 Å². The molecule has 0 bridgehead atoms. The number of ketones is 1. The van der Waals surface area contributed by atoms with Gasteiger partial charge in [-0.15, -0.1) is 0 Å². The first-order valence-corrected chi connectivity index (χ1v) is 6.08. The van der Waals surface area contributed by atoms with Crippen LogP contribution in [0.3, 0.4) is 0 Å². The number of hydrogen-bond donors (Lipinski definition) is 0. The summed E-state index contributed by atoms with van der Waals surface area (Å²) in [4.78, 5) is 12.3. The zero-order valence-electron chi connectivity index (χ0n) is 11.4. The van der Waals surface area contributed by atoms with Crippen LogP contribution in [0, 0.1) is 38.2 Å². The molecule has 2 aromatic carbocycles. The van der Waals surface area contributed by atoms with E-state index in [0.29, 0.717) is 23.3 Å². The van der Waals surface area contributed by atoms with E-state index in [4.69, 9.17) is 0 Å². The van der Waals surface area contributed by atoms with E-state index in [-0.39, 0.29) is 5.56 Å². The van der Waals surface area contributed by atoms with Gasteiger partial charge in [-0.2, -0.15) is 0 Å². The Morgan fingerprint density at radius 1 is 0.800 bits per heavy atom. The molecule has 0 saturated heterocycles. The number of carbonyl (C=O) groups excluding carboxylic acids is 1. The van der Waals surface area contributed by atoms with E-state index in [1.165, 1.54) is 0 Å². The van der Waals surface area contributed by atoms with Gasteiger partial charge in [-0.05, 0) is 31.9 Å². The molecule has 0 amide bonds. The maximum atomic E-state index is 13.7. The van der Waals surface area contributed by atoms with Crippen molar-refractivity contribution in [1.29, 1.82) is 0 Å². The number of benzene rings is 2. The minimum Gasteiger partial charge on any atom is -0.288 e. The van der Waals surface area contributed by atoms with Crippen molar-refractivity contribution in [2.45, 2.75) is 20.8 Å². The lowest BCUT2D eigenvalue weighted by atomic mass is 9.92. The molecular formula is C16H13F3O. The second kappa shape index (κ2) is 5.12. The molecule has 0 aliphatic rings. The highest BCUT2D eigenvalue weighted by atomic mass is 19.1. The predicted molar refractivity (Wildman–Crippen MR) is 70.4 cm³/mol. The Bertz CT molecular complexity index is 599. The van der Waals surface area contributed by atoms with Crippen molar-refractivity contribution < 1.29 is 18.0 Å². The zero-order valence-corrected chi connectivity index (χ0v) is 11.4. The van der Waals surface area contributed by atoms with Crippen molar-refractivity contribution in [3.05, 3.63) is 69.5 Å². The molecule has 20 heavy (non-hydrogen) atoms. The van der Waals surface area contributed by atoms with Gasteiger partial charge in [0.2, 0.25) is 0 Å². The fourth-order valence-electron chi connectivity index (χ4n) is 2.42. The van der Waals surface area contributed by atoms with Crippen molar-refractivity contribution in [3.63, 3.8) is 0 Å². The largest absolute Gasteiger partial charge is 0.288 e. The van der Waals surface area contributed by atoms with Crippen molar-refractivity contribution in [1.82, 2.24) is 0 Å². The molecule has 0 spiro atoms. The van der Waals surface area contributed by atoms with Gasteiger partial charge in [0.15, 0.2) is 5.78 Å². The van der Waals surface area contributed by atoms with E-state index in [0.717, 1.165) is 5.56 Å². The van der Waals surface area contributed by atoms with Crippen LogP contribution in [-0.2, 0) is 0 Å². The highest BCUT2D eigenvalue weighted by Crippen LogP contribution is 2.24. The molecule has 0 aliphatic heterocycles. The molecule has 0 saturated carbocycles. The Morgan fingerprint density at radius 3 is 1.70 bits per heavy atom. The van der Waals surface area contributed by atoms with Gasteiger partial charge in [0.05, 0.1) is 5.56 Å². The normalized spacial score (nSPS) is 10.7. The average Bonchev–Trinajstić information content (AvgIpc) is 2.25. The van der Waals surface area contributed by atoms with Gasteiger partial charge >= 0.3 is 0 Å². The van der Waals surface area contributed by atoms with E-state index >= 15 is 0 Å². The summed E-state index contributed by atoms with van der Waals surface area (Å²) < 4.78 is 40.3. The minimum absolute atomic E-state index is 0.250. The maximum Gasteiger partial charge on any atom is 0.199 e. The van der Waals surface area contributed by atoms with E-state index in [9.17, 15) is 18.0 Å². The van der Waals surface area contributed by atoms with Gasteiger partial charge in [-0.25, -0.2) is 13.2 Å². The number of carbonyl (C=O) groups is 1. The summed E-state index contributed by atoms with van der Waals surface area (Å²) in [7, 11) is 0. The number of halogens is 3. The first-order chi connectivity index (χ1) is 9.31. The third-order valence-corrected chi connectivity index (χ3v) is 3.14. The van der Waals surface area contributed by atoms with Crippen LogP contribution in [0.4, 0.5) is 13.2 Å². The monoisotopic (exact) mass is 278 g/mol. The molecule has 1 nitrogen and oxygen atoms in total. The van der Waals surface area contributed by atoms with E-state index in [2.05, 4.69) is 0 Å². The number of hydrogen-bond acceptors (Lipinski definition) is 1. The molecule has 2 aromatic rings. The lowest BCUT2D eigenvalue weighted by Gasteiger charge is -2.11. The van der Waals surface area contributed by atoms with Crippen molar-refractivity contribution in [2.75, 3.05) is 0 Å². The summed E-state index contributed by atoms with van der Waals surface area (Å²) in [5, 5.41) is 0. The Kier molecular flexibility index (Phi) is 3.66. The van der Waals surface area contributed by atoms with Crippen LogP contribution in [0.25, 0.3) is 0 Å². The van der Waals surface area contributed by atoms with Gasteiger partial charge in [0.1, 0.15) is 17.5 Å². The highest BCUT2D eigenvalue weighted by molar-refractivity contribution is 6.11. The van der Waals surface area contributed by atoms with Gasteiger partial charge in [0.25, 0.3) is 0 Å². The lowest BCUT2D eigenvalue weighted by molar-refractivity contribution is 0.103. The van der Waals surface area contributed by atoms with Crippen LogP contribution in [0.1, 0.15) is 32.6 Å². The topological polar surface area (TPSA) is 17.1 Å². The summed E-state index contributed by atoms with van der Waals surface area (Å²) in [5.41, 5.74) is 1.75. The molecule has 0 unspecified atom stereocenters. The number of aryl methyl sites for hydroxylation is 3. The molecule has 0 N–H and O–H groups in total. The maximum absolute atomic E-state index is 13.7. The van der Waals surface area contributed by atoms with Gasteiger partial charge in [-0.3, -0.25) is 4.79 Å². The van der Waals surface area contributed by atoms with Crippen molar-refractivity contribution in [3.8, 4) is 0 Å². The Labute approximate surface area is 115 Å². The lowest BCUT2D eigenvalue weighted by Crippen LogP contribution is -2.11. The standard InChI is InChI=1S/C16H13F3O/c1-8-4-9(2)14(10(3)5-8)16(20)15-12(18)6-11(17)7-13(15)19/h4-7H,1-3H3. The van der Waals surface area contributed by atoms with E-state index in [1.54, 1.807) is 26.0 Å². The van der Waals surface area contributed by atoms with Crippen molar-refractivity contribution >= 4 is 5.78 Å². The third kappa shape index (κ3) is 2.46. The molecule has 0 atom stereocenters. The molecule has 0 aromatic heterocycles. The van der Waals surface area contributed by atoms with Crippen LogP contribution in [0.2, 0.25) is 0 Å². The third-order valence-electron chi connectivity index (χ3n) is 3.14. The second-order valence-electron chi connectivity index (χ2n) is 4.85. The van der Waals surface area contributed by atoms with Crippen LogP contribution < -0.4 is 0 Å². The predicted octanol–water partition coefficient (Wildman–Crippen LogP) is 4.26. The Hall–Kier alpha value is -2.10. The van der Waals surface area contributed by atoms with Crippen molar-refractivity contribution in [2.24, 2.45) is 0 Å². The SMILES string of the molecule is Cc1cc(C)c(C(=O)c2c(F)cc(F)cc2F)c(C)c1. The summed E-state index contributed by atoms with van der Waals surface area (Å²) in [6, 6.07) is 4.55. The quantitative estimate of drug-likeness (QED) is 0.750. The number of rotatable bonds is 2. The molecule has 0 heterocycles. The molecule has 2 rings (SSSR count). The molecule has 0 aliphatic carbocycles. The summed E-state index contributed by atoms with van der Waals surface area (Å²) in [5.74, 6) is -4.19. The van der Waals surface area contributed by atoms with Crippen LogP contribution >= 0.6 is 0 Å². The van der Waals surface area contributed by atoms with E-state index < -0.39 is 28.8 Å². The smallest absolute Gasteiger partial charge is 0.199 e. The Morgan fingerprint density at radius 2 is 1.25 bits per heavy atom. The zero-order chi connectivity index (χ0) is 15.0. The molecule has 4 heteroatoms.